The molecule has 0 aliphatic heterocycles. The van der Waals surface area contributed by atoms with Gasteiger partial charge in [-0.1, -0.05) is 102 Å². The molecule has 0 unspecified atom stereocenters. The first-order valence-corrected chi connectivity index (χ1v) is 11.7. The maximum Gasteiger partial charge on any atom is 0.0152 e. The molecular formula is C31H40. The Morgan fingerprint density at radius 2 is 1.03 bits per heavy atom. The van der Waals surface area contributed by atoms with Crippen LogP contribution < -0.4 is 0 Å². The van der Waals surface area contributed by atoms with E-state index in [2.05, 4.69) is 123 Å². The average molecular weight is 413 g/mol. The van der Waals surface area contributed by atoms with E-state index in [1.807, 2.05) is 0 Å². The average Bonchev–Trinajstić information content (AvgIpc) is 2.68. The van der Waals surface area contributed by atoms with Gasteiger partial charge in [-0.15, -0.1) is 0 Å². The molecule has 0 heteroatoms. The molecule has 31 heavy (non-hydrogen) atoms. The molecule has 3 aromatic carbocycles. The minimum Gasteiger partial charge on any atom is -0.0625 e. The Balaban J connectivity index is 2.23. The third kappa shape index (κ3) is 4.49. The highest BCUT2D eigenvalue weighted by atomic mass is 14.4. The Kier molecular flexibility index (Phi) is 6.51. The third-order valence-electron chi connectivity index (χ3n) is 7.06. The second-order valence-corrected chi connectivity index (χ2v) is 10.8. The molecular weight excluding hydrogens is 372 g/mol. The summed E-state index contributed by atoms with van der Waals surface area (Å²) < 4.78 is 0. The Labute approximate surface area is 190 Å². The molecule has 0 heterocycles. The molecule has 3 rings (SSSR count). The minimum absolute atomic E-state index is 0.0352. The molecule has 0 atom stereocenters. The van der Waals surface area contributed by atoms with Gasteiger partial charge in [0.05, 0.1) is 0 Å². The van der Waals surface area contributed by atoms with E-state index in [1.54, 1.807) is 0 Å². The van der Waals surface area contributed by atoms with E-state index in [4.69, 9.17) is 0 Å². The van der Waals surface area contributed by atoms with E-state index in [1.165, 1.54) is 44.5 Å². The molecule has 0 aliphatic rings. The Hall–Kier alpha value is -2.34. The molecule has 3 aromatic rings. The predicted molar refractivity (Wildman–Crippen MR) is 136 cm³/mol. The van der Waals surface area contributed by atoms with Gasteiger partial charge in [0.15, 0.2) is 0 Å². The van der Waals surface area contributed by atoms with Crippen molar-refractivity contribution in [2.75, 3.05) is 0 Å². The number of hydrogen-bond donors (Lipinski definition) is 0. The van der Waals surface area contributed by atoms with Gasteiger partial charge in [-0.2, -0.15) is 0 Å². The second-order valence-electron chi connectivity index (χ2n) is 10.8. The zero-order chi connectivity index (χ0) is 23.0. The fourth-order valence-corrected chi connectivity index (χ4v) is 5.46. The smallest absolute Gasteiger partial charge is 0.0152 e. The Morgan fingerprint density at radius 1 is 0.581 bits per heavy atom. The summed E-state index contributed by atoms with van der Waals surface area (Å²) in [6.45, 7) is 21.0. The Bertz CT molecular complexity index is 1060. The van der Waals surface area contributed by atoms with E-state index in [-0.39, 0.29) is 10.8 Å². The summed E-state index contributed by atoms with van der Waals surface area (Å²) in [6, 6.07) is 22.7. The van der Waals surface area contributed by atoms with Crippen LogP contribution in [0.15, 0.2) is 60.7 Å². The third-order valence-corrected chi connectivity index (χ3v) is 7.06. The maximum absolute atomic E-state index is 2.52. The van der Waals surface area contributed by atoms with Gasteiger partial charge in [-0.05, 0) is 77.6 Å². The van der Waals surface area contributed by atoms with E-state index < -0.39 is 0 Å². The molecule has 0 N–H and O–H groups in total. The van der Waals surface area contributed by atoms with Crippen LogP contribution >= 0.6 is 0 Å². The number of rotatable bonds is 6. The largest absolute Gasteiger partial charge is 0.0625 e. The van der Waals surface area contributed by atoms with E-state index >= 15 is 0 Å². The lowest BCUT2D eigenvalue weighted by Crippen LogP contribution is -2.26. The standard InChI is InChI=1S/C31H40/c1-21(2)18-25-20-28(30(6,7)26-16-12-10-14-22(26)3)24(5)19-29(25)31(8,9)27-17-13-11-15-23(27)4/h10-17,19-21H,18H2,1-9H3. The summed E-state index contributed by atoms with van der Waals surface area (Å²) in [6.07, 6.45) is 1.10. The molecule has 164 valence electrons. The molecule has 0 aromatic heterocycles. The van der Waals surface area contributed by atoms with Crippen LogP contribution in [0, 0.1) is 26.7 Å². The van der Waals surface area contributed by atoms with Gasteiger partial charge >= 0.3 is 0 Å². The number of aryl methyl sites for hydroxylation is 3. The van der Waals surface area contributed by atoms with E-state index in [0.29, 0.717) is 5.92 Å². The lowest BCUT2D eigenvalue weighted by molar-refractivity contribution is 0.586. The van der Waals surface area contributed by atoms with Crippen molar-refractivity contribution in [3.63, 3.8) is 0 Å². The summed E-state index contributed by atoms with van der Waals surface area (Å²) in [5, 5.41) is 0. The summed E-state index contributed by atoms with van der Waals surface area (Å²) in [4.78, 5) is 0. The van der Waals surface area contributed by atoms with Gasteiger partial charge in [-0.25, -0.2) is 0 Å². The van der Waals surface area contributed by atoms with Crippen molar-refractivity contribution < 1.29 is 0 Å². The van der Waals surface area contributed by atoms with Gasteiger partial charge in [0, 0.05) is 10.8 Å². The van der Waals surface area contributed by atoms with Crippen LogP contribution in [0.1, 0.15) is 86.1 Å². The van der Waals surface area contributed by atoms with Crippen LogP contribution in [0.25, 0.3) is 0 Å². The second kappa shape index (κ2) is 8.65. The van der Waals surface area contributed by atoms with Crippen molar-refractivity contribution in [3.8, 4) is 0 Å². The zero-order valence-corrected chi connectivity index (χ0v) is 21.1. The summed E-state index contributed by atoms with van der Waals surface area (Å²) >= 11 is 0. The fourth-order valence-electron chi connectivity index (χ4n) is 5.46. The monoisotopic (exact) mass is 412 g/mol. The van der Waals surface area contributed by atoms with Crippen molar-refractivity contribution in [1.82, 2.24) is 0 Å². The van der Waals surface area contributed by atoms with Crippen molar-refractivity contribution in [2.45, 2.75) is 79.6 Å². The topological polar surface area (TPSA) is 0 Å². The van der Waals surface area contributed by atoms with Crippen molar-refractivity contribution in [2.24, 2.45) is 5.92 Å². The quantitative estimate of drug-likeness (QED) is 0.381. The molecule has 0 spiro atoms. The van der Waals surface area contributed by atoms with Crippen molar-refractivity contribution in [1.29, 1.82) is 0 Å². The van der Waals surface area contributed by atoms with Crippen LogP contribution in [0.4, 0.5) is 0 Å². The highest BCUT2D eigenvalue weighted by molar-refractivity contribution is 5.53. The molecule has 0 fully saturated rings. The highest BCUT2D eigenvalue weighted by Gasteiger charge is 2.32. The van der Waals surface area contributed by atoms with Crippen LogP contribution in [0.2, 0.25) is 0 Å². The molecule has 0 saturated heterocycles. The van der Waals surface area contributed by atoms with Crippen molar-refractivity contribution in [3.05, 3.63) is 105 Å². The van der Waals surface area contributed by atoms with Crippen LogP contribution in [-0.4, -0.2) is 0 Å². The lowest BCUT2D eigenvalue weighted by atomic mass is 9.69. The SMILES string of the molecule is Cc1ccccc1C(C)(C)c1cc(CC(C)C)c(C(C)(C)c2ccccc2C)cc1C. The van der Waals surface area contributed by atoms with Crippen molar-refractivity contribution >= 4 is 0 Å². The number of hydrogen-bond acceptors (Lipinski definition) is 0. The minimum atomic E-state index is -0.0360. The van der Waals surface area contributed by atoms with Gasteiger partial charge in [0.25, 0.3) is 0 Å². The first-order chi connectivity index (χ1) is 14.5. The predicted octanol–water partition coefficient (Wildman–Crippen LogP) is 8.46. The first-order valence-electron chi connectivity index (χ1n) is 11.7. The highest BCUT2D eigenvalue weighted by Crippen LogP contribution is 2.41. The van der Waals surface area contributed by atoms with Crippen LogP contribution in [-0.2, 0) is 17.3 Å². The Morgan fingerprint density at radius 3 is 1.48 bits per heavy atom. The van der Waals surface area contributed by atoms with Gasteiger partial charge < -0.3 is 0 Å². The summed E-state index contributed by atoms with van der Waals surface area (Å²) in [5.74, 6) is 0.614. The maximum atomic E-state index is 2.52. The number of benzene rings is 3. The van der Waals surface area contributed by atoms with Gasteiger partial charge in [-0.3, -0.25) is 0 Å². The van der Waals surface area contributed by atoms with E-state index in [0.717, 1.165) is 6.42 Å². The molecule has 0 aliphatic carbocycles. The lowest BCUT2D eigenvalue weighted by Gasteiger charge is -2.35. The molecule has 0 nitrogen and oxygen atoms in total. The zero-order valence-electron chi connectivity index (χ0n) is 21.1. The molecule has 0 radical (unpaired) electrons. The normalized spacial score (nSPS) is 12.5. The molecule has 0 amide bonds. The van der Waals surface area contributed by atoms with Gasteiger partial charge in [0.2, 0.25) is 0 Å². The fraction of sp³-hybridized carbons (Fsp3) is 0.419. The molecule has 0 bridgehead atoms. The first kappa shape index (κ1) is 23.3. The summed E-state index contributed by atoms with van der Waals surface area (Å²) in [7, 11) is 0. The van der Waals surface area contributed by atoms with E-state index in [9.17, 15) is 0 Å². The van der Waals surface area contributed by atoms with Gasteiger partial charge in [0.1, 0.15) is 0 Å². The summed E-state index contributed by atoms with van der Waals surface area (Å²) in [5.41, 5.74) is 11.3. The molecule has 0 saturated carbocycles. The van der Waals surface area contributed by atoms with Crippen LogP contribution in [0.3, 0.4) is 0 Å². The van der Waals surface area contributed by atoms with Crippen LogP contribution in [0.5, 0.6) is 0 Å².